The summed E-state index contributed by atoms with van der Waals surface area (Å²) >= 11 is 1.98. The molecule has 0 aromatic carbocycles. The largest absolute Gasteiger partial charge is 0.316 e. The zero-order valence-corrected chi connectivity index (χ0v) is 15.7. The van der Waals surface area contributed by atoms with Gasteiger partial charge < -0.3 is 6.42 Å². The first-order chi connectivity index (χ1) is 3.43. The van der Waals surface area contributed by atoms with Crippen molar-refractivity contribution in [1.29, 1.82) is 0 Å². The van der Waals surface area contributed by atoms with Crippen molar-refractivity contribution in [2.75, 3.05) is 6.26 Å². The van der Waals surface area contributed by atoms with Crippen LogP contribution in [0, 0.1) is 6.42 Å². The molecule has 4 heteroatoms. The SMILES string of the molecule is CSC1[CH-]CCC1.[Y].[Y].[Y]. The third-order valence-electron chi connectivity index (χ3n) is 1.43. The summed E-state index contributed by atoms with van der Waals surface area (Å²) in [6, 6.07) is 0. The van der Waals surface area contributed by atoms with Gasteiger partial charge in [0.15, 0.2) is 0 Å². The van der Waals surface area contributed by atoms with Crippen LogP contribution >= 0.6 is 11.8 Å². The molecule has 0 nitrogen and oxygen atoms in total. The molecule has 0 aliphatic heterocycles. The molecule has 0 amide bonds. The van der Waals surface area contributed by atoms with Gasteiger partial charge in [0.1, 0.15) is 0 Å². The van der Waals surface area contributed by atoms with Crippen LogP contribution in [0.25, 0.3) is 0 Å². The van der Waals surface area contributed by atoms with E-state index in [-0.39, 0.29) is 98.1 Å². The molecule has 3 radical (unpaired) electrons. The van der Waals surface area contributed by atoms with Crippen LogP contribution in [0.3, 0.4) is 0 Å². The smallest absolute Gasteiger partial charge is 0 e. The van der Waals surface area contributed by atoms with Gasteiger partial charge in [-0.2, -0.15) is 18.2 Å². The maximum atomic E-state index is 2.42. The van der Waals surface area contributed by atoms with Crippen molar-refractivity contribution in [3.8, 4) is 0 Å². The summed E-state index contributed by atoms with van der Waals surface area (Å²) in [5, 5.41) is 0.889. The summed E-state index contributed by atoms with van der Waals surface area (Å²) in [7, 11) is 0. The van der Waals surface area contributed by atoms with Crippen molar-refractivity contribution < 1.29 is 98.1 Å². The van der Waals surface area contributed by atoms with Gasteiger partial charge in [-0.3, -0.25) is 0 Å². The maximum Gasteiger partial charge on any atom is 0 e. The van der Waals surface area contributed by atoms with E-state index in [0.29, 0.717) is 0 Å². The Kier molecular flexibility index (Phi) is 24.4. The predicted octanol–water partition coefficient (Wildman–Crippen LogP) is 2.10. The Balaban J connectivity index is -0.000000163. The van der Waals surface area contributed by atoms with E-state index in [1.165, 1.54) is 19.3 Å². The molecule has 1 fully saturated rings. The van der Waals surface area contributed by atoms with Crippen LogP contribution in [-0.2, 0) is 98.1 Å². The van der Waals surface area contributed by atoms with Crippen LogP contribution in [0.2, 0.25) is 0 Å². The molecule has 0 N–H and O–H groups in total. The van der Waals surface area contributed by atoms with Gasteiger partial charge in [0.25, 0.3) is 0 Å². The topological polar surface area (TPSA) is 0 Å². The van der Waals surface area contributed by atoms with Gasteiger partial charge in [-0.15, -0.1) is 5.25 Å². The fraction of sp³-hybridized carbons (Fsp3) is 0.833. The maximum absolute atomic E-state index is 2.42. The molecule has 1 saturated carbocycles. The second kappa shape index (κ2) is 12.7. The van der Waals surface area contributed by atoms with Crippen LogP contribution in [0.5, 0.6) is 0 Å². The second-order valence-electron chi connectivity index (χ2n) is 1.94. The second-order valence-corrected chi connectivity index (χ2v) is 3.02. The van der Waals surface area contributed by atoms with Crippen LogP contribution in [0.1, 0.15) is 19.3 Å². The number of thioether (sulfide) groups is 1. The molecule has 0 heterocycles. The minimum atomic E-state index is 0. The molecule has 10 heavy (non-hydrogen) atoms. The molecular formula is C6H11SY3-. The Hall–Kier alpha value is 3.66. The Morgan fingerprint density at radius 2 is 1.90 bits per heavy atom. The van der Waals surface area contributed by atoms with Gasteiger partial charge in [0.05, 0.1) is 0 Å². The Morgan fingerprint density at radius 3 is 2.10 bits per heavy atom. The Morgan fingerprint density at radius 1 is 1.30 bits per heavy atom. The average molecular weight is 382 g/mol. The van der Waals surface area contributed by atoms with Crippen LogP contribution in [0.4, 0.5) is 0 Å². The zero-order chi connectivity index (χ0) is 5.11. The molecule has 0 bridgehead atoms. The van der Waals surface area contributed by atoms with Gasteiger partial charge in [0.2, 0.25) is 0 Å². The van der Waals surface area contributed by atoms with E-state index in [1.807, 2.05) is 11.8 Å². The fourth-order valence-electron chi connectivity index (χ4n) is 0.955. The van der Waals surface area contributed by atoms with E-state index < -0.39 is 0 Å². The fourth-order valence-corrected chi connectivity index (χ4v) is 1.69. The summed E-state index contributed by atoms with van der Waals surface area (Å²) in [5.41, 5.74) is 0. The summed E-state index contributed by atoms with van der Waals surface area (Å²) in [5.74, 6) is 0. The minimum Gasteiger partial charge on any atom is -0.316 e. The van der Waals surface area contributed by atoms with Crippen LogP contribution in [-0.4, -0.2) is 11.5 Å². The van der Waals surface area contributed by atoms with Crippen molar-refractivity contribution >= 4 is 11.8 Å². The van der Waals surface area contributed by atoms with Crippen LogP contribution in [0.15, 0.2) is 0 Å². The molecule has 1 rings (SSSR count). The minimum absolute atomic E-state index is 0. The van der Waals surface area contributed by atoms with Crippen molar-refractivity contribution in [3.05, 3.63) is 6.42 Å². The van der Waals surface area contributed by atoms with Gasteiger partial charge in [0, 0.05) is 98.1 Å². The molecule has 1 aliphatic rings. The monoisotopic (exact) mass is 382 g/mol. The number of hydrogen-bond donors (Lipinski definition) is 0. The number of rotatable bonds is 1. The first-order valence-corrected chi connectivity index (χ1v) is 4.08. The van der Waals surface area contributed by atoms with E-state index in [0.717, 1.165) is 5.25 Å². The zero-order valence-electron chi connectivity index (χ0n) is 6.42. The molecule has 1 unspecified atom stereocenters. The molecule has 1 aliphatic carbocycles. The summed E-state index contributed by atoms with van der Waals surface area (Å²) in [4.78, 5) is 0. The van der Waals surface area contributed by atoms with Gasteiger partial charge in [-0.1, -0.05) is 12.8 Å². The third-order valence-corrected chi connectivity index (χ3v) is 2.46. The van der Waals surface area contributed by atoms with E-state index in [1.54, 1.807) is 0 Å². The van der Waals surface area contributed by atoms with E-state index in [4.69, 9.17) is 0 Å². The quantitative estimate of drug-likeness (QED) is 0.627. The standard InChI is InChI=1S/C6H11S.3Y/c1-7-6-4-2-3-5-6;;;/h4,6H,2-3,5H2,1H3;;;/q-1;;;. The molecule has 0 aromatic rings. The van der Waals surface area contributed by atoms with Crippen molar-refractivity contribution in [3.63, 3.8) is 0 Å². The molecular weight excluding hydrogens is 371 g/mol. The molecule has 51 valence electrons. The first kappa shape index (κ1) is 19.3. The summed E-state index contributed by atoms with van der Waals surface area (Å²) in [6.07, 6.45) is 8.80. The summed E-state index contributed by atoms with van der Waals surface area (Å²) in [6.45, 7) is 0. The molecule has 0 saturated heterocycles. The van der Waals surface area contributed by atoms with Gasteiger partial charge in [-0.25, -0.2) is 0 Å². The van der Waals surface area contributed by atoms with Crippen molar-refractivity contribution in [2.45, 2.75) is 24.5 Å². The van der Waals surface area contributed by atoms with Crippen LogP contribution < -0.4 is 0 Å². The number of hydrogen-bond acceptors (Lipinski definition) is 1. The van der Waals surface area contributed by atoms with Gasteiger partial charge in [-0.05, 0) is 6.26 Å². The predicted molar refractivity (Wildman–Crippen MR) is 35.5 cm³/mol. The third kappa shape index (κ3) is 8.27. The van der Waals surface area contributed by atoms with E-state index >= 15 is 0 Å². The molecule has 0 aromatic heterocycles. The normalized spacial score (nSPS) is 21.9. The van der Waals surface area contributed by atoms with E-state index in [2.05, 4.69) is 12.7 Å². The first-order valence-electron chi connectivity index (χ1n) is 2.79. The van der Waals surface area contributed by atoms with Crippen molar-refractivity contribution in [2.24, 2.45) is 0 Å². The Labute approximate surface area is 144 Å². The summed E-state index contributed by atoms with van der Waals surface area (Å²) < 4.78 is 0. The average Bonchev–Trinajstić information content (AvgIpc) is 2.14. The van der Waals surface area contributed by atoms with E-state index in [9.17, 15) is 0 Å². The van der Waals surface area contributed by atoms with Gasteiger partial charge >= 0.3 is 0 Å². The molecule has 1 atom stereocenters. The van der Waals surface area contributed by atoms with Crippen molar-refractivity contribution in [1.82, 2.24) is 0 Å². The Bertz CT molecular complexity index is 55.0. The molecule has 0 spiro atoms.